The van der Waals surface area contributed by atoms with E-state index in [0.717, 1.165) is 12.8 Å². The number of benzene rings is 1. The van der Waals surface area contributed by atoms with E-state index in [-0.39, 0.29) is 5.92 Å². The second-order valence-electron chi connectivity index (χ2n) is 5.27. The summed E-state index contributed by atoms with van der Waals surface area (Å²) >= 11 is 0. The average Bonchev–Trinajstić information content (AvgIpc) is 2.68. The van der Waals surface area contributed by atoms with Gasteiger partial charge < -0.3 is 0 Å². The fraction of sp³-hybridized carbons (Fsp3) is 0.438. The molecule has 2 aliphatic rings. The van der Waals surface area contributed by atoms with Crippen LogP contribution in [0.3, 0.4) is 0 Å². The lowest BCUT2D eigenvalue weighted by Gasteiger charge is -2.25. The summed E-state index contributed by atoms with van der Waals surface area (Å²) in [5, 5.41) is 0. The molecule has 88 valence electrons. The van der Waals surface area contributed by atoms with E-state index in [1.54, 1.807) is 0 Å². The average molecular weight is 226 g/mol. The number of allylic oxidation sites excluding steroid dienone is 2. The summed E-state index contributed by atoms with van der Waals surface area (Å²) in [6.45, 7) is 0. The second-order valence-corrected chi connectivity index (χ2v) is 5.27. The Balaban J connectivity index is 1.78. The third-order valence-electron chi connectivity index (χ3n) is 4.18. The zero-order valence-electron chi connectivity index (χ0n) is 10.1. The third-order valence-corrected chi connectivity index (χ3v) is 4.18. The second kappa shape index (κ2) is 4.48. The molecule has 0 saturated heterocycles. The quantitative estimate of drug-likeness (QED) is 0.753. The Morgan fingerprint density at radius 2 is 1.94 bits per heavy atom. The van der Waals surface area contributed by atoms with E-state index in [0.29, 0.717) is 11.7 Å². The van der Waals surface area contributed by atoms with Crippen LogP contribution >= 0.6 is 0 Å². The van der Waals surface area contributed by atoms with Crippen LogP contribution in [-0.4, -0.2) is 5.78 Å². The highest BCUT2D eigenvalue weighted by Gasteiger charge is 2.36. The lowest BCUT2D eigenvalue weighted by atomic mass is 9.78. The maximum Gasteiger partial charge on any atom is 0.159 e. The van der Waals surface area contributed by atoms with Crippen LogP contribution in [0, 0.1) is 11.8 Å². The van der Waals surface area contributed by atoms with E-state index < -0.39 is 0 Å². The molecule has 0 radical (unpaired) electrons. The molecule has 1 aromatic carbocycles. The summed E-state index contributed by atoms with van der Waals surface area (Å²) in [7, 11) is 0. The maximum atomic E-state index is 12.1. The van der Waals surface area contributed by atoms with Crippen LogP contribution in [0.4, 0.5) is 0 Å². The van der Waals surface area contributed by atoms with E-state index >= 15 is 0 Å². The first-order valence-electron chi connectivity index (χ1n) is 6.63. The van der Waals surface area contributed by atoms with Gasteiger partial charge in [-0.25, -0.2) is 0 Å². The first-order chi connectivity index (χ1) is 8.34. The van der Waals surface area contributed by atoms with Gasteiger partial charge in [0.1, 0.15) is 0 Å². The Hall–Kier alpha value is -1.37. The molecule has 0 aromatic heterocycles. The number of hydrogen-bond acceptors (Lipinski definition) is 1. The molecule has 0 amide bonds. The van der Waals surface area contributed by atoms with Gasteiger partial charge in [0.2, 0.25) is 0 Å². The van der Waals surface area contributed by atoms with Crippen LogP contribution in [0.5, 0.6) is 0 Å². The molecule has 2 atom stereocenters. The van der Waals surface area contributed by atoms with Gasteiger partial charge in [0, 0.05) is 5.92 Å². The van der Waals surface area contributed by atoms with Crippen molar-refractivity contribution in [2.45, 2.75) is 32.1 Å². The number of hydrogen-bond donors (Lipinski definition) is 0. The Bertz CT molecular complexity index is 444. The van der Waals surface area contributed by atoms with Gasteiger partial charge in [0.15, 0.2) is 5.78 Å². The number of ketones is 1. The smallest absolute Gasteiger partial charge is 0.159 e. The molecule has 0 heterocycles. The molecule has 2 aliphatic carbocycles. The van der Waals surface area contributed by atoms with Crippen molar-refractivity contribution in [3.63, 3.8) is 0 Å². The molecule has 0 aliphatic heterocycles. The summed E-state index contributed by atoms with van der Waals surface area (Å²) in [6, 6.07) is 10.4. The predicted molar refractivity (Wildman–Crippen MR) is 68.7 cm³/mol. The fourth-order valence-electron chi connectivity index (χ4n) is 3.30. The fourth-order valence-corrected chi connectivity index (χ4v) is 3.30. The van der Waals surface area contributed by atoms with Crippen molar-refractivity contribution in [1.82, 2.24) is 0 Å². The highest BCUT2D eigenvalue weighted by atomic mass is 16.1. The zero-order chi connectivity index (χ0) is 11.7. The van der Waals surface area contributed by atoms with Crippen molar-refractivity contribution >= 4 is 5.78 Å². The van der Waals surface area contributed by atoms with Crippen molar-refractivity contribution in [2.75, 3.05) is 0 Å². The van der Waals surface area contributed by atoms with Crippen LogP contribution < -0.4 is 0 Å². The topological polar surface area (TPSA) is 17.1 Å². The largest absolute Gasteiger partial charge is 0.295 e. The summed E-state index contributed by atoms with van der Waals surface area (Å²) in [5.41, 5.74) is 2.73. The van der Waals surface area contributed by atoms with Gasteiger partial charge in [-0.3, -0.25) is 4.79 Å². The van der Waals surface area contributed by atoms with Gasteiger partial charge in [-0.15, -0.1) is 0 Å². The van der Waals surface area contributed by atoms with Gasteiger partial charge in [-0.05, 0) is 43.2 Å². The minimum absolute atomic E-state index is 0.229. The van der Waals surface area contributed by atoms with Crippen LogP contribution in [0.2, 0.25) is 0 Å². The molecule has 1 saturated carbocycles. The molecule has 0 spiro atoms. The van der Waals surface area contributed by atoms with Crippen molar-refractivity contribution in [2.24, 2.45) is 11.8 Å². The summed E-state index contributed by atoms with van der Waals surface area (Å²) < 4.78 is 0. The van der Waals surface area contributed by atoms with E-state index in [1.165, 1.54) is 30.4 Å². The highest BCUT2D eigenvalue weighted by molar-refractivity contribution is 5.96. The molecule has 1 nitrogen and oxygen atoms in total. The Kier molecular flexibility index (Phi) is 2.84. The van der Waals surface area contributed by atoms with Gasteiger partial charge in [0.25, 0.3) is 0 Å². The van der Waals surface area contributed by atoms with Crippen molar-refractivity contribution in [1.29, 1.82) is 0 Å². The molecule has 3 rings (SSSR count). The van der Waals surface area contributed by atoms with E-state index in [4.69, 9.17) is 0 Å². The normalized spacial score (nSPS) is 27.8. The number of carbonyl (C=O) groups is 1. The molecule has 17 heavy (non-hydrogen) atoms. The van der Waals surface area contributed by atoms with Gasteiger partial charge in [-0.1, -0.05) is 42.3 Å². The van der Waals surface area contributed by atoms with Gasteiger partial charge in [-0.2, -0.15) is 0 Å². The number of fused-ring (bicyclic) bond motifs is 1. The first-order valence-corrected chi connectivity index (χ1v) is 6.63. The highest BCUT2D eigenvalue weighted by Crippen LogP contribution is 2.41. The van der Waals surface area contributed by atoms with E-state index in [1.807, 2.05) is 12.1 Å². The molecule has 2 unspecified atom stereocenters. The van der Waals surface area contributed by atoms with E-state index in [2.05, 4.69) is 24.3 Å². The van der Waals surface area contributed by atoms with Crippen LogP contribution in [-0.2, 0) is 11.2 Å². The molecular formula is C16H18O. The van der Waals surface area contributed by atoms with Crippen LogP contribution in [0.15, 0.2) is 42.0 Å². The number of carbonyl (C=O) groups excluding carboxylic acids is 1. The van der Waals surface area contributed by atoms with Gasteiger partial charge in [0.05, 0.1) is 0 Å². The number of rotatable bonds is 2. The SMILES string of the molecule is O=C1C=C2CCCCC2C1Cc1ccccc1. The van der Waals surface area contributed by atoms with E-state index in [9.17, 15) is 4.79 Å². The molecule has 0 bridgehead atoms. The minimum atomic E-state index is 0.229. The van der Waals surface area contributed by atoms with Crippen molar-refractivity contribution in [3.8, 4) is 0 Å². The predicted octanol–water partition coefficient (Wildman–Crippen LogP) is 3.54. The zero-order valence-corrected chi connectivity index (χ0v) is 10.1. The maximum absolute atomic E-state index is 12.1. The molecular weight excluding hydrogens is 208 g/mol. The van der Waals surface area contributed by atoms with Crippen molar-refractivity contribution in [3.05, 3.63) is 47.5 Å². The molecule has 1 aromatic rings. The van der Waals surface area contributed by atoms with Crippen LogP contribution in [0.1, 0.15) is 31.2 Å². The van der Waals surface area contributed by atoms with Crippen molar-refractivity contribution < 1.29 is 4.79 Å². The third kappa shape index (κ3) is 2.06. The molecule has 0 N–H and O–H groups in total. The van der Waals surface area contributed by atoms with Crippen LogP contribution in [0.25, 0.3) is 0 Å². The molecule has 1 fully saturated rings. The summed E-state index contributed by atoms with van der Waals surface area (Å²) in [5.74, 6) is 1.15. The summed E-state index contributed by atoms with van der Waals surface area (Å²) in [4.78, 5) is 12.1. The lowest BCUT2D eigenvalue weighted by Crippen LogP contribution is -2.21. The monoisotopic (exact) mass is 226 g/mol. The Morgan fingerprint density at radius 3 is 2.76 bits per heavy atom. The summed E-state index contributed by atoms with van der Waals surface area (Å²) in [6.07, 6.45) is 7.80. The Labute approximate surface area is 103 Å². The lowest BCUT2D eigenvalue weighted by molar-refractivity contribution is -0.118. The van der Waals surface area contributed by atoms with Gasteiger partial charge >= 0.3 is 0 Å². The first kappa shape index (κ1) is 10.8. The Morgan fingerprint density at radius 1 is 1.12 bits per heavy atom. The standard InChI is InChI=1S/C16H18O/c17-16-11-13-8-4-5-9-14(13)15(16)10-12-6-2-1-3-7-12/h1-3,6-7,11,14-15H,4-5,8-10H2. The minimum Gasteiger partial charge on any atom is -0.295 e. The molecule has 1 heteroatoms.